The number of fused-ring (bicyclic) bond motifs is 18. The zero-order valence-electron chi connectivity index (χ0n) is 75.8. The topological polar surface area (TPSA) is 57.7 Å². The van der Waals surface area contributed by atoms with Gasteiger partial charge in [-0.25, -0.2) is 4.39 Å². The molecule has 648 valence electrons. The second kappa shape index (κ2) is 32.7. The van der Waals surface area contributed by atoms with Crippen LogP contribution in [-0.2, 0) is 0 Å². The zero-order chi connectivity index (χ0) is 91.1. The zero-order valence-corrected chi connectivity index (χ0v) is 76.9. The second-order valence-corrected chi connectivity index (χ2v) is 39.3. The van der Waals surface area contributed by atoms with Gasteiger partial charge in [-0.05, 0) is 250 Å². The highest BCUT2D eigenvalue weighted by atomic mass is 28.3. The van der Waals surface area contributed by atoms with E-state index in [9.17, 15) is 0 Å². The van der Waals surface area contributed by atoms with E-state index in [1.807, 2.05) is 71.6 Å². The van der Waals surface area contributed by atoms with E-state index in [0.717, 1.165) is 228 Å². The van der Waals surface area contributed by atoms with Gasteiger partial charge in [0.1, 0.15) is 40.0 Å². The molecule has 0 N–H and O–H groups in total. The Morgan fingerprint density at radius 2 is 0.581 bits per heavy atom. The molecule has 0 amide bonds. The molecule has 22 aromatic carbocycles. The fourth-order valence-electron chi connectivity index (χ4n) is 21.2. The Hall–Kier alpha value is -17.1. The summed E-state index contributed by atoms with van der Waals surface area (Å²) >= 11 is 0. The van der Waals surface area contributed by atoms with E-state index in [0.29, 0.717) is 11.4 Å². The predicted molar refractivity (Wildman–Crippen MR) is 571 cm³/mol. The third-order valence-corrected chi connectivity index (χ3v) is 29.1. The van der Waals surface area contributed by atoms with E-state index < -0.39 is 8.80 Å². The molecule has 2 aromatic heterocycles. The molecule has 136 heavy (non-hydrogen) atoms. The first kappa shape index (κ1) is 81.0. The molecule has 2 aliphatic rings. The van der Waals surface area contributed by atoms with Crippen LogP contribution in [0.2, 0.25) is 13.1 Å². The Balaban J connectivity index is 0.000000145. The van der Waals surface area contributed by atoms with Gasteiger partial charge in [0.25, 0.3) is 0 Å². The summed E-state index contributed by atoms with van der Waals surface area (Å²) in [5.74, 6) is 2.91. The van der Waals surface area contributed by atoms with Crippen molar-refractivity contribution < 1.29 is 22.7 Å². The van der Waals surface area contributed by atoms with Gasteiger partial charge in [-0.15, -0.1) is 0 Å². The lowest BCUT2D eigenvalue weighted by Crippen LogP contribution is -2.22. The number of furan rings is 2. The monoisotopic (exact) mass is 1770 g/mol. The SMILES string of the molecule is Cc1ccc2c(N(c3ccccc3-c3ccccc3)c3cccc4c3oc3ccccc34)cc3c4cc(C)cc5c4c(cc3c2c1)-c1ccc(N(c2ccccc2)c2ccc([SiH](C)C)cc2)cc1O5.Cc1ccc2c(N(c3ccccc3-c3ccccc3)c3cccc4c3oc3ccccc34)cc3c4cc(C)cc5c4c(cc3c2c1)-c1ccc(N(c2ccccc2)c2ccccc2F)cc1O5. The largest absolute Gasteiger partial charge is 0.456 e. The minimum absolute atomic E-state index is 0.305. The van der Waals surface area contributed by atoms with E-state index >= 15 is 4.39 Å². The highest BCUT2D eigenvalue weighted by molar-refractivity contribution is 6.70. The van der Waals surface area contributed by atoms with E-state index in [1.165, 1.54) is 38.7 Å². The van der Waals surface area contributed by atoms with E-state index in [4.69, 9.17) is 18.3 Å². The van der Waals surface area contributed by atoms with Crippen molar-refractivity contribution in [3.05, 3.63) is 453 Å². The smallest absolute Gasteiger partial charge is 0.159 e. The summed E-state index contributed by atoms with van der Waals surface area (Å²) in [4.78, 5) is 9.14. The number of aryl methyl sites for hydroxylation is 4. The molecule has 10 heteroatoms. The van der Waals surface area contributed by atoms with E-state index in [2.05, 4.69) is 401 Å². The van der Waals surface area contributed by atoms with Gasteiger partial charge in [0.05, 0.1) is 48.6 Å². The number of nitrogens with zero attached hydrogens (tertiary/aromatic N) is 4. The highest BCUT2D eigenvalue weighted by Crippen LogP contribution is 2.59. The van der Waals surface area contributed by atoms with Gasteiger partial charge in [0.2, 0.25) is 0 Å². The average Bonchev–Trinajstić information content (AvgIpc) is 0.860. The number of para-hydroxylation sites is 9. The normalized spacial score (nSPS) is 12.0. The van der Waals surface area contributed by atoms with Crippen LogP contribution in [-0.4, -0.2) is 8.80 Å². The molecule has 8 nitrogen and oxygen atoms in total. The molecule has 4 heterocycles. The van der Waals surface area contributed by atoms with Crippen molar-refractivity contribution in [1.29, 1.82) is 0 Å². The number of hydrogen-bond donors (Lipinski definition) is 0. The van der Waals surface area contributed by atoms with Crippen LogP contribution >= 0.6 is 0 Å². The van der Waals surface area contributed by atoms with Crippen LogP contribution in [0.3, 0.4) is 0 Å². The van der Waals surface area contributed by atoms with Crippen molar-refractivity contribution in [2.75, 3.05) is 19.6 Å². The van der Waals surface area contributed by atoms with E-state index in [1.54, 1.807) is 6.07 Å². The number of halogens is 1. The fourth-order valence-corrected chi connectivity index (χ4v) is 22.2. The highest BCUT2D eigenvalue weighted by Gasteiger charge is 2.33. The Kier molecular flexibility index (Phi) is 19.5. The molecule has 0 saturated carbocycles. The number of rotatable bonds is 15. The summed E-state index contributed by atoms with van der Waals surface area (Å²) in [7, 11) is -0.951. The molecule has 0 radical (unpaired) electrons. The molecule has 0 spiro atoms. The first-order chi connectivity index (χ1) is 66.8. The Labute approximate surface area is 788 Å². The van der Waals surface area contributed by atoms with Gasteiger partial charge in [0.15, 0.2) is 11.2 Å². The molecule has 2 aliphatic heterocycles. The van der Waals surface area contributed by atoms with Crippen LogP contribution in [0.1, 0.15) is 22.3 Å². The molecule has 26 rings (SSSR count). The van der Waals surface area contributed by atoms with Crippen molar-refractivity contribution in [3.8, 4) is 67.5 Å². The molecule has 0 aliphatic carbocycles. The van der Waals surface area contributed by atoms with Crippen molar-refractivity contribution >= 4 is 191 Å². The quantitative estimate of drug-likeness (QED) is 0.0743. The minimum Gasteiger partial charge on any atom is -0.456 e. The lowest BCUT2D eigenvalue weighted by atomic mass is 9.87. The molecular formula is C126H89FN4O4Si. The average molecular weight is 1770 g/mol. The van der Waals surface area contributed by atoms with Crippen molar-refractivity contribution in [3.63, 3.8) is 0 Å². The van der Waals surface area contributed by atoms with Crippen molar-refractivity contribution in [2.24, 2.45) is 0 Å². The second-order valence-electron chi connectivity index (χ2n) is 36.3. The molecule has 24 aromatic rings. The number of hydrogen-bond acceptors (Lipinski definition) is 8. The maximum absolute atomic E-state index is 15.6. The van der Waals surface area contributed by atoms with E-state index in [-0.39, 0.29) is 5.82 Å². The fraction of sp³-hybridized carbons (Fsp3) is 0.0476. The van der Waals surface area contributed by atoms with Crippen molar-refractivity contribution in [2.45, 2.75) is 40.8 Å². The van der Waals surface area contributed by atoms with Crippen LogP contribution in [0.5, 0.6) is 23.0 Å². The van der Waals surface area contributed by atoms with Crippen LogP contribution in [0.15, 0.2) is 433 Å². The lowest BCUT2D eigenvalue weighted by Gasteiger charge is -2.30. The standard InChI is InChI=1S/C64H48N2O2Si.C62H41FN2O2/c1-40-26-32-48-52(34-40)53-38-56-50-33-29-45(65(43-18-9-6-10-19-43)44-27-30-46(31-28-44)69(3)4)37-61(50)67-62-36-41(2)35-55(63(56)62)54(53)39-59(48)66(57-23-13-11-20-47(57)42-16-7-5-8-17-42)58-24-15-22-51-49-21-12-14-25-60(49)68-64(51)58;1-38-28-30-44-48(32-38)49-36-52-46-31-29-42(64(41-18-7-4-8-19-41)55-25-13-11-23-53(55)63)35-59(46)66-60-34-39(2)33-51(61(52)60)50(49)37-57(44)65(54-24-12-9-20-43(54)40-16-5-3-6-17-40)56-26-15-22-47-45-21-10-14-27-58(45)67-62(47)56/h5-39,69H,1-4H3;3-37H,1-2H3. The molecule has 0 bridgehead atoms. The number of benzene rings is 22. The molecule has 0 saturated heterocycles. The van der Waals surface area contributed by atoms with Crippen LogP contribution in [0, 0.1) is 33.5 Å². The summed E-state index contributed by atoms with van der Waals surface area (Å²) < 4.78 is 43.5. The first-order valence-corrected chi connectivity index (χ1v) is 49.5. The Bertz CT molecular complexity index is 8990. The summed E-state index contributed by atoms with van der Waals surface area (Å²) in [5, 5.41) is 19.5. The summed E-state index contributed by atoms with van der Waals surface area (Å²) in [6.45, 7) is 13.4. The van der Waals surface area contributed by atoms with Gasteiger partial charge in [-0.2, -0.15) is 0 Å². The predicted octanol–water partition coefficient (Wildman–Crippen LogP) is 35.9. The molecule has 0 fully saturated rings. The Morgan fingerprint density at radius 1 is 0.213 bits per heavy atom. The maximum atomic E-state index is 15.6. The number of anilines is 12. The Morgan fingerprint density at radius 3 is 1.05 bits per heavy atom. The van der Waals surface area contributed by atoms with Crippen LogP contribution < -0.4 is 34.3 Å². The minimum atomic E-state index is -0.951. The van der Waals surface area contributed by atoms with Crippen LogP contribution in [0.4, 0.5) is 72.6 Å². The third-order valence-electron chi connectivity index (χ3n) is 27.4. The molecular weight excluding hydrogens is 1680 g/mol. The van der Waals surface area contributed by atoms with Gasteiger partial charge in [-0.1, -0.05) is 296 Å². The maximum Gasteiger partial charge on any atom is 0.159 e. The summed E-state index contributed by atoms with van der Waals surface area (Å²) in [6, 6.07) is 150. The number of ether oxygens (including phenoxy) is 2. The van der Waals surface area contributed by atoms with Gasteiger partial charge in [0, 0.05) is 106 Å². The third kappa shape index (κ3) is 13.6. The summed E-state index contributed by atoms with van der Waals surface area (Å²) in [6.07, 6.45) is 0. The van der Waals surface area contributed by atoms with Gasteiger partial charge < -0.3 is 37.9 Å². The van der Waals surface area contributed by atoms with Crippen molar-refractivity contribution in [1.82, 2.24) is 0 Å². The van der Waals surface area contributed by atoms with Crippen LogP contribution in [0.25, 0.3) is 153 Å². The molecule has 0 unspecified atom stereocenters. The van der Waals surface area contributed by atoms with Gasteiger partial charge in [-0.3, -0.25) is 0 Å². The lowest BCUT2D eigenvalue weighted by molar-refractivity contribution is 0.486. The summed E-state index contributed by atoms with van der Waals surface area (Å²) in [5.41, 5.74) is 28.3. The first-order valence-electron chi connectivity index (χ1n) is 46.6. The molecule has 0 atom stereocenters. The van der Waals surface area contributed by atoms with Gasteiger partial charge >= 0.3 is 0 Å².